The predicted octanol–water partition coefficient (Wildman–Crippen LogP) is 3.18. The molecular weight excluding hydrogens is 317 g/mol. The van der Waals surface area contributed by atoms with Crippen LogP contribution >= 0.6 is 22.9 Å². The molecule has 0 spiro atoms. The molecule has 0 amide bonds. The molecule has 0 aromatic carbocycles. The van der Waals surface area contributed by atoms with E-state index in [-0.39, 0.29) is 0 Å². The molecule has 92 valence electrons. The Morgan fingerprint density at radius 3 is 2.94 bits per heavy atom. The Balaban J connectivity index is 2.33. The molecule has 0 saturated heterocycles. The van der Waals surface area contributed by atoms with E-state index in [1.54, 1.807) is 0 Å². The second kappa shape index (κ2) is 8.03. The molecule has 1 aromatic heterocycles. The lowest BCUT2D eigenvalue weighted by Crippen LogP contribution is -2.12. The van der Waals surface area contributed by atoms with Crippen molar-refractivity contribution in [3.8, 4) is 0 Å². The van der Waals surface area contributed by atoms with E-state index in [0.29, 0.717) is 0 Å². The molecule has 16 heavy (non-hydrogen) atoms. The summed E-state index contributed by atoms with van der Waals surface area (Å²) in [7, 11) is 0. The normalized spacial score (nSPS) is 11.2. The summed E-state index contributed by atoms with van der Waals surface area (Å²) in [6.45, 7) is 6.85. The van der Waals surface area contributed by atoms with E-state index in [2.05, 4.69) is 52.5 Å². The highest BCUT2D eigenvalue weighted by atomic mass is 127. The second-order valence-electron chi connectivity index (χ2n) is 3.77. The van der Waals surface area contributed by atoms with Gasteiger partial charge in [-0.2, -0.15) is 0 Å². The molecule has 0 aliphatic rings. The molecule has 1 rings (SSSR count). The van der Waals surface area contributed by atoms with Crippen molar-refractivity contribution >= 4 is 22.9 Å². The molecule has 1 aromatic rings. The van der Waals surface area contributed by atoms with Crippen molar-refractivity contribution in [3.63, 3.8) is 0 Å². The van der Waals surface area contributed by atoms with Crippen molar-refractivity contribution in [3.05, 3.63) is 18.2 Å². The highest BCUT2D eigenvalue weighted by Crippen LogP contribution is 2.08. The van der Waals surface area contributed by atoms with E-state index in [9.17, 15) is 0 Å². The number of halogens is 1. The van der Waals surface area contributed by atoms with E-state index < -0.39 is 0 Å². The highest BCUT2D eigenvalue weighted by Gasteiger charge is 2.04. The molecule has 0 bridgehead atoms. The number of hydrogen-bond acceptors (Lipinski definition) is 3. The Bertz CT molecular complexity index is 291. The molecule has 5 heteroatoms. The van der Waals surface area contributed by atoms with Gasteiger partial charge in [-0.25, -0.2) is 4.98 Å². The third-order valence-corrected chi connectivity index (χ3v) is 2.80. The van der Waals surface area contributed by atoms with Gasteiger partial charge in [-0.1, -0.05) is 20.3 Å². The molecule has 1 heterocycles. The van der Waals surface area contributed by atoms with Gasteiger partial charge in [0.1, 0.15) is 0 Å². The van der Waals surface area contributed by atoms with Crippen molar-refractivity contribution in [1.29, 1.82) is 0 Å². The van der Waals surface area contributed by atoms with E-state index in [4.69, 9.17) is 4.84 Å². The first-order valence-electron chi connectivity index (χ1n) is 5.83. The number of hydrogen-bond donors (Lipinski definition) is 0. The van der Waals surface area contributed by atoms with Gasteiger partial charge in [0.15, 0.2) is 0 Å². The second-order valence-corrected chi connectivity index (χ2v) is 4.84. The number of aromatic nitrogens is 2. The van der Waals surface area contributed by atoms with Crippen LogP contribution in [0.3, 0.4) is 0 Å². The quantitative estimate of drug-likeness (QED) is 0.415. The van der Waals surface area contributed by atoms with E-state index in [1.807, 2.05) is 9.60 Å². The van der Waals surface area contributed by atoms with E-state index in [0.717, 1.165) is 31.8 Å². The van der Waals surface area contributed by atoms with Gasteiger partial charge in [-0.15, -0.1) is 3.28 Å². The van der Waals surface area contributed by atoms with Crippen LogP contribution in [0.1, 0.15) is 38.8 Å². The highest BCUT2D eigenvalue weighted by molar-refractivity contribution is 14.1. The fourth-order valence-corrected chi connectivity index (χ4v) is 1.86. The van der Waals surface area contributed by atoms with Gasteiger partial charge in [0.2, 0.25) is 0 Å². The van der Waals surface area contributed by atoms with Crippen LogP contribution in [0.25, 0.3) is 0 Å². The number of hydroxylamine groups is 1. The van der Waals surface area contributed by atoms with Gasteiger partial charge in [0.25, 0.3) is 0 Å². The van der Waals surface area contributed by atoms with E-state index in [1.165, 1.54) is 12.8 Å². The van der Waals surface area contributed by atoms with Gasteiger partial charge in [-0.05, 0) is 12.8 Å². The van der Waals surface area contributed by atoms with Crippen LogP contribution in [0.5, 0.6) is 0 Å². The number of unbranched alkanes of at least 4 members (excludes halogenated alkanes) is 1. The van der Waals surface area contributed by atoms with Gasteiger partial charge in [0, 0.05) is 35.6 Å². The SMILES string of the molecule is CCCCn1cnc(CN(I)OCCC)c1. The Hall–Kier alpha value is -0.140. The summed E-state index contributed by atoms with van der Waals surface area (Å²) >= 11 is 2.17. The summed E-state index contributed by atoms with van der Waals surface area (Å²) < 4.78 is 3.96. The molecule has 0 unspecified atom stereocenters. The zero-order valence-corrected chi connectivity index (χ0v) is 12.2. The Morgan fingerprint density at radius 2 is 2.25 bits per heavy atom. The first-order chi connectivity index (χ1) is 7.76. The summed E-state index contributed by atoms with van der Waals surface area (Å²) in [6, 6.07) is 0. The van der Waals surface area contributed by atoms with Gasteiger partial charge >= 0.3 is 0 Å². The molecule has 0 saturated carbocycles. The maximum Gasteiger partial charge on any atom is 0.0950 e. The molecule has 0 aliphatic heterocycles. The molecule has 0 fully saturated rings. The summed E-state index contributed by atoms with van der Waals surface area (Å²) in [5, 5.41) is 0. The number of imidazole rings is 1. The topological polar surface area (TPSA) is 30.3 Å². The molecule has 0 aliphatic carbocycles. The Morgan fingerprint density at radius 1 is 1.44 bits per heavy atom. The van der Waals surface area contributed by atoms with Crippen molar-refractivity contribution < 1.29 is 4.84 Å². The minimum absolute atomic E-state index is 0.736. The zero-order valence-electron chi connectivity index (χ0n) is 10.0. The van der Waals surface area contributed by atoms with E-state index >= 15 is 0 Å². The maximum absolute atomic E-state index is 5.46. The van der Waals surface area contributed by atoms with Crippen LogP contribution in [0, 0.1) is 0 Å². The lowest BCUT2D eigenvalue weighted by atomic mass is 10.3. The molecular formula is C11H20IN3O. The van der Waals surface area contributed by atoms with Crippen molar-refractivity contribution in [2.45, 2.75) is 46.2 Å². The van der Waals surface area contributed by atoms with Crippen LogP contribution < -0.4 is 0 Å². The summed E-state index contributed by atoms with van der Waals surface area (Å²) in [5.41, 5.74) is 1.06. The van der Waals surface area contributed by atoms with Crippen LogP contribution in [0.4, 0.5) is 0 Å². The van der Waals surface area contributed by atoms with Crippen LogP contribution in [0.15, 0.2) is 12.5 Å². The summed E-state index contributed by atoms with van der Waals surface area (Å²) in [5.74, 6) is 0. The van der Waals surface area contributed by atoms with Crippen molar-refractivity contribution in [2.75, 3.05) is 6.61 Å². The van der Waals surface area contributed by atoms with Gasteiger partial charge in [-0.3, -0.25) is 4.84 Å². The molecule has 4 nitrogen and oxygen atoms in total. The molecule has 0 N–H and O–H groups in total. The van der Waals surface area contributed by atoms with Crippen LogP contribution in [-0.2, 0) is 17.9 Å². The lowest BCUT2D eigenvalue weighted by molar-refractivity contribution is -0.0625. The summed E-state index contributed by atoms with van der Waals surface area (Å²) in [6.07, 6.45) is 7.44. The third kappa shape index (κ3) is 5.27. The zero-order chi connectivity index (χ0) is 11.8. The average molecular weight is 337 g/mol. The Kier molecular flexibility index (Phi) is 6.98. The minimum atomic E-state index is 0.736. The Labute approximate surface area is 111 Å². The number of nitrogens with zero attached hydrogens (tertiary/aromatic N) is 3. The van der Waals surface area contributed by atoms with Crippen LogP contribution in [-0.4, -0.2) is 19.4 Å². The molecule has 0 radical (unpaired) electrons. The first kappa shape index (κ1) is 13.9. The maximum atomic E-state index is 5.46. The first-order valence-corrected chi connectivity index (χ1v) is 6.79. The van der Waals surface area contributed by atoms with Gasteiger partial charge < -0.3 is 4.57 Å². The van der Waals surface area contributed by atoms with Crippen LogP contribution in [0.2, 0.25) is 0 Å². The van der Waals surface area contributed by atoms with Crippen molar-refractivity contribution in [1.82, 2.24) is 12.8 Å². The summed E-state index contributed by atoms with van der Waals surface area (Å²) in [4.78, 5) is 9.81. The largest absolute Gasteiger partial charge is 0.337 e. The number of aryl methyl sites for hydroxylation is 1. The fourth-order valence-electron chi connectivity index (χ4n) is 1.31. The third-order valence-electron chi connectivity index (χ3n) is 2.18. The number of rotatable bonds is 8. The molecule has 0 atom stereocenters. The average Bonchev–Trinajstić information content (AvgIpc) is 2.71. The smallest absolute Gasteiger partial charge is 0.0950 e. The fraction of sp³-hybridized carbons (Fsp3) is 0.727. The van der Waals surface area contributed by atoms with Crippen molar-refractivity contribution in [2.24, 2.45) is 0 Å². The lowest BCUT2D eigenvalue weighted by Gasteiger charge is -2.11. The monoisotopic (exact) mass is 337 g/mol. The van der Waals surface area contributed by atoms with Gasteiger partial charge in [0.05, 0.1) is 25.2 Å². The standard InChI is InChI=1S/C11H20IN3O/c1-3-5-6-14-8-11(13-10-14)9-15(12)16-7-4-2/h8,10H,3-7,9H2,1-2H3. The predicted molar refractivity (Wildman–Crippen MR) is 72.9 cm³/mol. The minimum Gasteiger partial charge on any atom is -0.337 e.